The van der Waals surface area contributed by atoms with Gasteiger partial charge in [-0.05, 0) is 46.2 Å². The topological polar surface area (TPSA) is 41.0 Å². The Labute approximate surface area is 175 Å². The highest BCUT2D eigenvalue weighted by atomic mass is 32.1. The third-order valence-electron chi connectivity index (χ3n) is 5.64. The van der Waals surface area contributed by atoms with Gasteiger partial charge in [-0.2, -0.15) is 0 Å². The van der Waals surface area contributed by atoms with Crippen LogP contribution in [-0.4, -0.2) is 15.7 Å². The van der Waals surface area contributed by atoms with E-state index in [0.29, 0.717) is 11.8 Å². The van der Waals surface area contributed by atoms with Gasteiger partial charge in [-0.15, -0.1) is 11.3 Å². The van der Waals surface area contributed by atoms with Gasteiger partial charge in [-0.1, -0.05) is 52.0 Å². The van der Waals surface area contributed by atoms with Crippen LogP contribution in [0.4, 0.5) is 5.69 Å². The van der Waals surface area contributed by atoms with E-state index in [1.165, 1.54) is 37.4 Å². The number of thiophene rings is 1. The Morgan fingerprint density at radius 3 is 2.38 bits per heavy atom. The van der Waals surface area contributed by atoms with E-state index in [1.807, 2.05) is 17.5 Å². The molecule has 5 rings (SSSR count). The average Bonchev–Trinajstić information content (AvgIpc) is 3.43. The number of imidazole rings is 1. The molecule has 0 radical (unpaired) electrons. The number of benzene rings is 2. The molecule has 0 amide bonds. The summed E-state index contributed by atoms with van der Waals surface area (Å²) in [5.41, 5.74) is 7.32. The van der Waals surface area contributed by atoms with Crippen LogP contribution in [0.15, 0.2) is 53.7 Å². The van der Waals surface area contributed by atoms with Crippen LogP contribution in [0.5, 0.6) is 0 Å². The third-order valence-corrected chi connectivity index (χ3v) is 6.79. The van der Waals surface area contributed by atoms with Gasteiger partial charge in [-0.3, -0.25) is 4.99 Å². The van der Waals surface area contributed by atoms with Crippen LogP contribution < -0.4 is 0 Å². The highest BCUT2D eigenvalue weighted by Gasteiger charge is 2.18. The number of aliphatic imine (C=N–C) groups is 1. The molecule has 3 nitrogen and oxygen atoms in total. The summed E-state index contributed by atoms with van der Waals surface area (Å²) in [6, 6.07) is 15.7. The van der Waals surface area contributed by atoms with Crippen LogP contribution in [0.25, 0.3) is 31.8 Å². The summed E-state index contributed by atoms with van der Waals surface area (Å²) in [5.74, 6) is 1.95. The largest absolute Gasteiger partial charge is 0.342 e. The number of nitrogens with zero attached hydrogens (tertiary/aromatic N) is 2. The van der Waals surface area contributed by atoms with Crippen molar-refractivity contribution in [2.24, 2.45) is 10.9 Å². The molecule has 0 bridgehead atoms. The van der Waals surface area contributed by atoms with Crippen molar-refractivity contribution in [2.75, 3.05) is 0 Å². The third kappa shape index (κ3) is 3.32. The van der Waals surface area contributed by atoms with E-state index in [-0.39, 0.29) is 0 Å². The Morgan fingerprint density at radius 1 is 0.931 bits per heavy atom. The summed E-state index contributed by atoms with van der Waals surface area (Å²) >= 11 is 1.85. The van der Waals surface area contributed by atoms with Crippen molar-refractivity contribution >= 4 is 32.8 Å². The zero-order valence-corrected chi connectivity index (χ0v) is 18.1. The van der Waals surface area contributed by atoms with E-state index in [1.54, 1.807) is 0 Å². The van der Waals surface area contributed by atoms with Crippen molar-refractivity contribution in [2.45, 2.75) is 40.0 Å². The molecule has 2 aromatic heterocycles. The van der Waals surface area contributed by atoms with Gasteiger partial charge in [-0.25, -0.2) is 4.98 Å². The van der Waals surface area contributed by atoms with Crippen molar-refractivity contribution in [3.8, 4) is 21.7 Å². The number of hydrogen-bond donors (Lipinski definition) is 1. The Morgan fingerprint density at radius 2 is 1.69 bits per heavy atom. The molecule has 0 saturated carbocycles. The number of hydrogen-bond acceptors (Lipinski definition) is 3. The number of nitrogens with one attached hydrogen (secondary N) is 1. The lowest BCUT2D eigenvalue weighted by atomic mass is 10.0. The zero-order chi connectivity index (χ0) is 20.1. The molecule has 0 aliphatic carbocycles. The minimum Gasteiger partial charge on any atom is -0.342 e. The second kappa shape index (κ2) is 6.96. The van der Waals surface area contributed by atoms with Crippen LogP contribution in [0, 0.1) is 5.92 Å². The molecule has 3 heterocycles. The van der Waals surface area contributed by atoms with Gasteiger partial charge in [0.25, 0.3) is 0 Å². The SMILES string of the molecule is CC(C)C1=Nc2cc3sc(-c4ccc(-c5cnc(C(C)C)[nH]5)cc4)cc3cc2C1. The van der Waals surface area contributed by atoms with Gasteiger partial charge in [0, 0.05) is 27.6 Å². The van der Waals surface area contributed by atoms with Gasteiger partial charge in [0.1, 0.15) is 5.82 Å². The van der Waals surface area contributed by atoms with E-state index >= 15 is 0 Å². The highest BCUT2D eigenvalue weighted by molar-refractivity contribution is 7.22. The molecule has 29 heavy (non-hydrogen) atoms. The summed E-state index contributed by atoms with van der Waals surface area (Å²) in [6.07, 6.45) is 2.92. The summed E-state index contributed by atoms with van der Waals surface area (Å²) in [5, 5.41) is 1.32. The molecule has 146 valence electrons. The fourth-order valence-corrected chi connectivity index (χ4v) is 4.91. The van der Waals surface area contributed by atoms with Crippen molar-refractivity contribution in [3.63, 3.8) is 0 Å². The molecule has 0 spiro atoms. The van der Waals surface area contributed by atoms with Crippen LogP contribution in [0.1, 0.15) is 45.0 Å². The quantitative estimate of drug-likeness (QED) is 0.382. The van der Waals surface area contributed by atoms with Crippen LogP contribution >= 0.6 is 11.3 Å². The van der Waals surface area contributed by atoms with E-state index in [4.69, 9.17) is 4.99 Å². The minimum absolute atomic E-state index is 0.407. The standard InChI is InChI=1S/C25H25N3S/c1-14(2)20-10-18-9-19-11-23(29-24(19)12-21(18)27-20)17-7-5-16(6-8-17)22-13-26-25(28-22)15(3)4/h5-9,11-15H,10H2,1-4H3,(H,26,28). The molecule has 4 aromatic rings. The first kappa shape index (κ1) is 18.3. The van der Waals surface area contributed by atoms with Gasteiger partial charge >= 0.3 is 0 Å². The molecule has 0 saturated heterocycles. The monoisotopic (exact) mass is 399 g/mol. The van der Waals surface area contributed by atoms with Gasteiger partial charge < -0.3 is 4.98 Å². The second-order valence-corrected chi connectivity index (χ2v) is 9.56. The maximum atomic E-state index is 4.86. The minimum atomic E-state index is 0.407. The summed E-state index contributed by atoms with van der Waals surface area (Å²) in [6.45, 7) is 8.75. The fraction of sp³-hybridized carbons (Fsp3) is 0.280. The maximum Gasteiger partial charge on any atom is 0.109 e. The smallest absolute Gasteiger partial charge is 0.109 e. The normalized spacial score (nSPS) is 13.5. The highest BCUT2D eigenvalue weighted by Crippen LogP contribution is 2.40. The van der Waals surface area contributed by atoms with Crippen molar-refractivity contribution in [1.82, 2.24) is 9.97 Å². The Balaban J connectivity index is 1.45. The predicted molar refractivity (Wildman–Crippen MR) is 125 cm³/mol. The molecule has 2 aromatic carbocycles. The van der Waals surface area contributed by atoms with Crippen LogP contribution in [0.2, 0.25) is 0 Å². The van der Waals surface area contributed by atoms with Gasteiger partial charge in [0.15, 0.2) is 0 Å². The van der Waals surface area contributed by atoms with Crippen molar-refractivity contribution in [3.05, 3.63) is 60.0 Å². The summed E-state index contributed by atoms with van der Waals surface area (Å²) in [7, 11) is 0. The number of aromatic nitrogens is 2. The lowest BCUT2D eigenvalue weighted by molar-refractivity contribution is 0.795. The number of rotatable bonds is 4. The first-order chi connectivity index (χ1) is 14.0. The molecule has 4 heteroatoms. The Kier molecular flexibility index (Phi) is 4.39. The Hall–Kier alpha value is -2.72. The molecule has 0 unspecified atom stereocenters. The van der Waals surface area contributed by atoms with Gasteiger partial charge in [0.05, 0.1) is 17.6 Å². The van der Waals surface area contributed by atoms with Crippen LogP contribution in [0.3, 0.4) is 0 Å². The van der Waals surface area contributed by atoms with E-state index in [2.05, 4.69) is 80.1 Å². The van der Waals surface area contributed by atoms with Crippen LogP contribution in [-0.2, 0) is 6.42 Å². The fourth-order valence-electron chi connectivity index (χ4n) is 3.82. The first-order valence-corrected chi connectivity index (χ1v) is 11.1. The lowest BCUT2D eigenvalue weighted by Crippen LogP contribution is -2.06. The second-order valence-electron chi connectivity index (χ2n) is 8.48. The van der Waals surface area contributed by atoms with Crippen molar-refractivity contribution < 1.29 is 0 Å². The van der Waals surface area contributed by atoms with E-state index < -0.39 is 0 Å². The Bertz CT molecular complexity index is 1220. The zero-order valence-electron chi connectivity index (χ0n) is 17.3. The average molecular weight is 400 g/mol. The molecule has 1 N–H and O–H groups in total. The molecule has 1 aliphatic heterocycles. The number of aromatic amines is 1. The molecule has 0 fully saturated rings. The summed E-state index contributed by atoms with van der Waals surface area (Å²) in [4.78, 5) is 14.1. The first-order valence-electron chi connectivity index (χ1n) is 10.3. The van der Waals surface area contributed by atoms with E-state index in [0.717, 1.165) is 23.6 Å². The molecule has 0 atom stereocenters. The molecule has 1 aliphatic rings. The van der Waals surface area contributed by atoms with Gasteiger partial charge in [0.2, 0.25) is 0 Å². The number of H-pyrrole nitrogens is 1. The number of fused-ring (bicyclic) bond motifs is 2. The lowest BCUT2D eigenvalue weighted by Gasteiger charge is -2.02. The predicted octanol–water partition coefficient (Wildman–Crippen LogP) is 7.37. The summed E-state index contributed by atoms with van der Waals surface area (Å²) < 4.78 is 1.31. The molecular weight excluding hydrogens is 374 g/mol. The van der Waals surface area contributed by atoms with Crippen molar-refractivity contribution in [1.29, 1.82) is 0 Å². The molecular formula is C25H25N3S. The maximum absolute atomic E-state index is 4.86. The van der Waals surface area contributed by atoms with E-state index in [9.17, 15) is 0 Å².